The second kappa shape index (κ2) is 8.91. The van der Waals surface area contributed by atoms with Crippen molar-refractivity contribution in [2.75, 3.05) is 26.2 Å². The number of amides is 1. The Hall–Kier alpha value is -2.14. The Bertz CT molecular complexity index is 768. The second-order valence-electron chi connectivity index (χ2n) is 8.45. The lowest BCUT2D eigenvalue weighted by atomic mass is 9.90. The maximum atomic E-state index is 12.6. The lowest BCUT2D eigenvalue weighted by molar-refractivity contribution is 0.0674. The zero-order valence-electron chi connectivity index (χ0n) is 17.0. The standard InChI is InChI=1S/C23H32N4O/c1-25-16-11-24-22(25)23(28)27-14-9-20(10-15-27)17-19-5-7-21(8-6-19)18-26-12-3-2-4-13-26/h5-8,11,16,20H,2-4,9-10,12-15,17-18H2,1H3. The molecule has 5 heteroatoms. The first-order valence-electron chi connectivity index (χ1n) is 10.8. The van der Waals surface area contributed by atoms with E-state index in [9.17, 15) is 4.79 Å². The van der Waals surface area contributed by atoms with Gasteiger partial charge < -0.3 is 9.47 Å². The van der Waals surface area contributed by atoms with Crippen LogP contribution in [-0.2, 0) is 20.0 Å². The van der Waals surface area contributed by atoms with E-state index >= 15 is 0 Å². The maximum absolute atomic E-state index is 12.6. The summed E-state index contributed by atoms with van der Waals surface area (Å²) in [6.07, 6.45) is 10.9. The molecule has 3 heterocycles. The minimum Gasteiger partial charge on any atom is -0.336 e. The fourth-order valence-electron chi connectivity index (χ4n) is 4.54. The average molecular weight is 381 g/mol. The number of carbonyl (C=O) groups excluding carboxylic acids is 1. The molecule has 4 rings (SSSR count). The SMILES string of the molecule is Cn1ccnc1C(=O)N1CCC(Cc2ccc(CN3CCCCC3)cc2)CC1. The smallest absolute Gasteiger partial charge is 0.289 e. The van der Waals surface area contributed by atoms with Gasteiger partial charge in [0, 0.05) is 39.1 Å². The molecule has 1 aromatic carbocycles. The number of piperidine rings is 2. The van der Waals surface area contributed by atoms with Crippen LogP contribution in [0.3, 0.4) is 0 Å². The van der Waals surface area contributed by atoms with E-state index in [-0.39, 0.29) is 5.91 Å². The van der Waals surface area contributed by atoms with Crippen molar-refractivity contribution >= 4 is 5.91 Å². The minimum absolute atomic E-state index is 0.0630. The Balaban J connectivity index is 1.25. The minimum atomic E-state index is 0.0630. The van der Waals surface area contributed by atoms with Crippen LogP contribution in [0.2, 0.25) is 0 Å². The Morgan fingerprint density at radius 2 is 1.68 bits per heavy atom. The molecule has 0 unspecified atom stereocenters. The second-order valence-corrected chi connectivity index (χ2v) is 8.45. The van der Waals surface area contributed by atoms with E-state index in [1.807, 2.05) is 18.1 Å². The number of imidazole rings is 1. The van der Waals surface area contributed by atoms with Gasteiger partial charge in [0.25, 0.3) is 5.91 Å². The zero-order chi connectivity index (χ0) is 19.3. The van der Waals surface area contributed by atoms with Crippen molar-refractivity contribution in [1.29, 1.82) is 0 Å². The summed E-state index contributed by atoms with van der Waals surface area (Å²) >= 11 is 0. The number of aryl methyl sites for hydroxylation is 1. The summed E-state index contributed by atoms with van der Waals surface area (Å²) in [6.45, 7) is 5.26. The van der Waals surface area contributed by atoms with Gasteiger partial charge in [0.1, 0.15) is 0 Å². The van der Waals surface area contributed by atoms with Crippen LogP contribution in [0.4, 0.5) is 0 Å². The maximum Gasteiger partial charge on any atom is 0.289 e. The summed E-state index contributed by atoms with van der Waals surface area (Å²) in [6, 6.07) is 9.24. The molecule has 2 saturated heterocycles. The summed E-state index contributed by atoms with van der Waals surface area (Å²) in [7, 11) is 1.88. The molecule has 1 amide bonds. The first kappa shape index (κ1) is 19.2. The average Bonchev–Trinajstić information content (AvgIpc) is 3.16. The molecule has 28 heavy (non-hydrogen) atoms. The number of hydrogen-bond acceptors (Lipinski definition) is 3. The molecule has 2 aliphatic heterocycles. The molecule has 5 nitrogen and oxygen atoms in total. The predicted molar refractivity (Wildman–Crippen MR) is 111 cm³/mol. The molecule has 2 fully saturated rings. The van der Waals surface area contributed by atoms with Crippen LogP contribution >= 0.6 is 0 Å². The third kappa shape index (κ3) is 4.64. The van der Waals surface area contributed by atoms with Crippen molar-refractivity contribution in [3.8, 4) is 0 Å². The van der Waals surface area contributed by atoms with E-state index in [0.29, 0.717) is 11.7 Å². The lowest BCUT2D eigenvalue weighted by Crippen LogP contribution is -2.39. The number of nitrogens with zero attached hydrogens (tertiary/aromatic N) is 4. The fourth-order valence-corrected chi connectivity index (χ4v) is 4.54. The molecule has 0 spiro atoms. The van der Waals surface area contributed by atoms with Crippen molar-refractivity contribution in [2.24, 2.45) is 13.0 Å². The van der Waals surface area contributed by atoms with Gasteiger partial charge in [-0.1, -0.05) is 30.7 Å². The van der Waals surface area contributed by atoms with Gasteiger partial charge in [-0.2, -0.15) is 0 Å². The van der Waals surface area contributed by atoms with Gasteiger partial charge in [-0.3, -0.25) is 9.69 Å². The normalized spacial score (nSPS) is 19.1. The number of aromatic nitrogens is 2. The summed E-state index contributed by atoms with van der Waals surface area (Å²) in [5, 5.41) is 0. The Morgan fingerprint density at radius 1 is 1.00 bits per heavy atom. The van der Waals surface area contributed by atoms with Gasteiger partial charge in [0.2, 0.25) is 0 Å². The summed E-state index contributed by atoms with van der Waals surface area (Å²) in [5.41, 5.74) is 2.86. The van der Waals surface area contributed by atoms with Gasteiger partial charge in [0.05, 0.1) is 0 Å². The Morgan fingerprint density at radius 3 is 2.32 bits per heavy atom. The Labute approximate surface area is 168 Å². The number of hydrogen-bond donors (Lipinski definition) is 0. The highest BCUT2D eigenvalue weighted by atomic mass is 16.2. The molecule has 0 aliphatic carbocycles. The molecule has 0 N–H and O–H groups in total. The van der Waals surface area contributed by atoms with Gasteiger partial charge in [-0.15, -0.1) is 0 Å². The van der Waals surface area contributed by atoms with E-state index in [0.717, 1.165) is 38.9 Å². The first-order valence-corrected chi connectivity index (χ1v) is 10.8. The van der Waals surface area contributed by atoms with Gasteiger partial charge >= 0.3 is 0 Å². The van der Waals surface area contributed by atoms with Gasteiger partial charge in [-0.05, 0) is 62.2 Å². The van der Waals surface area contributed by atoms with Crippen molar-refractivity contribution in [3.63, 3.8) is 0 Å². The molecule has 1 aromatic heterocycles. The first-order chi connectivity index (χ1) is 13.7. The molecule has 150 valence electrons. The van der Waals surface area contributed by atoms with Crippen LogP contribution in [0.25, 0.3) is 0 Å². The molecular weight excluding hydrogens is 348 g/mol. The van der Waals surface area contributed by atoms with E-state index in [4.69, 9.17) is 0 Å². The number of carbonyl (C=O) groups is 1. The monoisotopic (exact) mass is 380 g/mol. The highest BCUT2D eigenvalue weighted by Crippen LogP contribution is 2.23. The van der Waals surface area contributed by atoms with E-state index in [1.165, 1.54) is 43.5 Å². The largest absolute Gasteiger partial charge is 0.336 e. The quantitative estimate of drug-likeness (QED) is 0.797. The molecule has 0 atom stereocenters. The van der Waals surface area contributed by atoms with Crippen LogP contribution < -0.4 is 0 Å². The van der Waals surface area contributed by atoms with Crippen LogP contribution in [0.15, 0.2) is 36.7 Å². The molecule has 2 aromatic rings. The summed E-state index contributed by atoms with van der Waals surface area (Å²) < 4.78 is 1.81. The molecule has 0 radical (unpaired) electrons. The van der Waals surface area contributed by atoms with Crippen LogP contribution in [0.5, 0.6) is 0 Å². The molecular formula is C23H32N4O. The number of benzene rings is 1. The van der Waals surface area contributed by atoms with Crippen molar-refractivity contribution < 1.29 is 4.79 Å². The van der Waals surface area contributed by atoms with E-state index < -0.39 is 0 Å². The van der Waals surface area contributed by atoms with Gasteiger partial charge in [0.15, 0.2) is 5.82 Å². The van der Waals surface area contributed by atoms with E-state index in [1.54, 1.807) is 10.8 Å². The third-order valence-electron chi connectivity index (χ3n) is 6.32. The van der Waals surface area contributed by atoms with Gasteiger partial charge in [-0.25, -0.2) is 4.98 Å². The van der Waals surface area contributed by atoms with Crippen LogP contribution in [0, 0.1) is 5.92 Å². The van der Waals surface area contributed by atoms with Crippen LogP contribution in [-0.4, -0.2) is 51.4 Å². The predicted octanol–water partition coefficient (Wildman–Crippen LogP) is 3.50. The zero-order valence-corrected chi connectivity index (χ0v) is 17.0. The Kier molecular flexibility index (Phi) is 6.10. The number of likely N-dealkylation sites (tertiary alicyclic amines) is 2. The van der Waals surface area contributed by atoms with E-state index in [2.05, 4.69) is 34.1 Å². The molecule has 0 bridgehead atoms. The van der Waals surface area contributed by atoms with Crippen molar-refractivity contribution in [2.45, 2.75) is 45.1 Å². The number of rotatable bonds is 5. The fraction of sp³-hybridized carbons (Fsp3) is 0.565. The highest BCUT2D eigenvalue weighted by molar-refractivity contribution is 5.90. The summed E-state index contributed by atoms with van der Waals surface area (Å²) in [5.74, 6) is 1.27. The lowest BCUT2D eigenvalue weighted by Gasteiger charge is -2.32. The van der Waals surface area contributed by atoms with Crippen LogP contribution in [0.1, 0.15) is 53.8 Å². The topological polar surface area (TPSA) is 41.4 Å². The highest BCUT2D eigenvalue weighted by Gasteiger charge is 2.25. The third-order valence-corrected chi connectivity index (χ3v) is 6.32. The summed E-state index contributed by atoms with van der Waals surface area (Å²) in [4.78, 5) is 21.3. The van der Waals surface area contributed by atoms with Crippen molar-refractivity contribution in [3.05, 3.63) is 53.6 Å². The molecule has 2 aliphatic rings. The van der Waals surface area contributed by atoms with Crippen molar-refractivity contribution in [1.82, 2.24) is 19.4 Å². The molecule has 0 saturated carbocycles.